The normalized spacial score (nSPS) is 24.5. The van der Waals surface area contributed by atoms with Gasteiger partial charge in [0.25, 0.3) is 0 Å². The fourth-order valence-corrected chi connectivity index (χ4v) is 17.0. The van der Waals surface area contributed by atoms with Crippen LogP contribution in [-0.2, 0) is 16.2 Å². The molecule has 1 aromatic heterocycles. The number of allylic oxidation sites excluding steroid dienone is 13. The Hall–Kier alpha value is -8.72. The number of nitrogens with zero attached hydrogens (tertiary/aromatic N) is 1. The quantitative estimate of drug-likeness (QED) is 0.182. The summed E-state index contributed by atoms with van der Waals surface area (Å²) in [6, 6.07) is 71.7. The molecule has 384 valence electrons. The molecular weight excluding hydrogens is 965 g/mol. The number of hydrogen-bond donors (Lipinski definition) is 1. The first-order valence-corrected chi connectivity index (χ1v) is 29.2. The number of benzene rings is 8. The van der Waals surface area contributed by atoms with E-state index in [0.717, 1.165) is 19.3 Å². The van der Waals surface area contributed by atoms with E-state index >= 15 is 0 Å². The van der Waals surface area contributed by atoms with Gasteiger partial charge in [-0.25, -0.2) is 0 Å². The van der Waals surface area contributed by atoms with Crippen LogP contribution in [0.1, 0.15) is 103 Å². The van der Waals surface area contributed by atoms with E-state index in [9.17, 15) is 0 Å². The Labute approximate surface area is 469 Å². The van der Waals surface area contributed by atoms with Crippen molar-refractivity contribution in [1.29, 1.82) is 0 Å². The number of fused-ring (bicyclic) bond motifs is 20. The standard InChI is InChI=1S/C78H62N2/c1-75(2)45-44-67-74(75)56-24-7-12-27-61(56)78(67)64-30-15-13-28-62(64)77(63-29-14-16-31-65(63)78)60-26-11-6-23-55(60)73-66(77)32-19-33-69(73)79-70-47-68-58(52-20-5-10-25-59(52)76(68,3)4)46-57(70)50-38-36-48(37-39-50)49-40-42-51(43-41-49)80-71-34-17-8-21-53(71)54-22-9-18-35-72(54)80/h5-13,15-28,30-36,38-48,57,70,79H,14,29,37H2,1-4H3. The van der Waals surface area contributed by atoms with Gasteiger partial charge < -0.3 is 9.88 Å². The molecule has 8 aromatic carbocycles. The van der Waals surface area contributed by atoms with Gasteiger partial charge in [0.1, 0.15) is 0 Å². The lowest BCUT2D eigenvalue weighted by Gasteiger charge is -2.51. The van der Waals surface area contributed by atoms with Crippen molar-refractivity contribution in [3.05, 3.63) is 321 Å². The van der Waals surface area contributed by atoms with Gasteiger partial charge in [0.2, 0.25) is 0 Å². The zero-order valence-electron chi connectivity index (χ0n) is 45.9. The van der Waals surface area contributed by atoms with Crippen LogP contribution in [0.15, 0.2) is 271 Å². The Kier molecular flexibility index (Phi) is 9.49. The highest BCUT2D eigenvalue weighted by atomic mass is 15.0. The number of aromatic nitrogens is 1. The summed E-state index contributed by atoms with van der Waals surface area (Å²) in [5.41, 5.74) is 29.2. The molecule has 0 saturated heterocycles. The molecule has 8 aliphatic carbocycles. The van der Waals surface area contributed by atoms with Gasteiger partial charge >= 0.3 is 0 Å². The van der Waals surface area contributed by atoms with Crippen LogP contribution in [-0.4, -0.2) is 10.6 Å². The molecule has 9 aromatic rings. The first kappa shape index (κ1) is 46.2. The molecule has 0 radical (unpaired) electrons. The molecule has 0 bridgehead atoms. The Morgan fingerprint density at radius 2 is 1.15 bits per heavy atom. The first-order chi connectivity index (χ1) is 39.2. The van der Waals surface area contributed by atoms with Gasteiger partial charge in [-0.3, -0.25) is 0 Å². The van der Waals surface area contributed by atoms with Crippen LogP contribution < -0.4 is 5.32 Å². The molecule has 2 spiro atoms. The minimum absolute atomic E-state index is 0.00246. The average molecular weight is 1030 g/mol. The number of rotatable bonds is 5. The van der Waals surface area contributed by atoms with E-state index in [0.29, 0.717) is 5.92 Å². The molecule has 1 N–H and O–H groups in total. The smallest absolute Gasteiger partial charge is 0.0713 e. The van der Waals surface area contributed by atoms with Crippen molar-refractivity contribution < 1.29 is 0 Å². The summed E-state index contributed by atoms with van der Waals surface area (Å²) >= 11 is 0. The van der Waals surface area contributed by atoms with E-state index in [1.54, 1.807) is 5.57 Å². The second-order valence-corrected chi connectivity index (χ2v) is 24.9. The highest BCUT2D eigenvalue weighted by Crippen LogP contribution is 2.71. The number of hydrogen-bond acceptors (Lipinski definition) is 1. The Bertz CT molecular complexity index is 4440. The molecule has 2 nitrogen and oxygen atoms in total. The lowest BCUT2D eigenvalue weighted by Crippen LogP contribution is -2.44. The van der Waals surface area contributed by atoms with Gasteiger partial charge in [-0.1, -0.05) is 240 Å². The molecule has 0 aliphatic heterocycles. The van der Waals surface area contributed by atoms with E-state index in [4.69, 9.17) is 0 Å². The molecule has 0 saturated carbocycles. The maximum atomic E-state index is 4.41. The summed E-state index contributed by atoms with van der Waals surface area (Å²) in [6.45, 7) is 9.66. The fourth-order valence-electron chi connectivity index (χ4n) is 17.0. The Morgan fingerprint density at radius 1 is 0.525 bits per heavy atom. The van der Waals surface area contributed by atoms with Crippen molar-refractivity contribution >= 4 is 38.6 Å². The van der Waals surface area contributed by atoms with Crippen molar-refractivity contribution in [2.24, 2.45) is 11.3 Å². The van der Waals surface area contributed by atoms with Crippen molar-refractivity contribution in [1.82, 2.24) is 4.57 Å². The van der Waals surface area contributed by atoms with Crippen molar-refractivity contribution in [2.75, 3.05) is 5.32 Å². The molecule has 1 heterocycles. The molecule has 0 amide bonds. The van der Waals surface area contributed by atoms with Crippen LogP contribution in [0.25, 0.3) is 49.8 Å². The minimum atomic E-state index is -0.473. The lowest BCUT2D eigenvalue weighted by molar-refractivity contribution is 0.588. The van der Waals surface area contributed by atoms with Crippen molar-refractivity contribution in [3.8, 4) is 16.8 Å². The topological polar surface area (TPSA) is 17.0 Å². The zero-order chi connectivity index (χ0) is 53.3. The van der Waals surface area contributed by atoms with Crippen molar-refractivity contribution in [2.45, 2.75) is 75.2 Å². The van der Waals surface area contributed by atoms with E-state index in [1.165, 1.54) is 128 Å². The van der Waals surface area contributed by atoms with E-state index in [2.05, 4.69) is 280 Å². The maximum Gasteiger partial charge on any atom is 0.0713 e. The Balaban J connectivity index is 0.787. The summed E-state index contributed by atoms with van der Waals surface area (Å²) in [6.07, 6.45) is 25.7. The SMILES string of the molecule is CC1(C)C=CC2=C1c1ccccc1C21C2=C(CCC=C2)C2(c3ccccc3-c3c(NC4C=C5C(=CC4C4=CCC(c6ccc(-n7c8ccccc8c8ccccc87)cc6)C=C4)c4ccccc4C5(C)C)cccc32)c2ccccc21. The third-order valence-corrected chi connectivity index (χ3v) is 20.3. The fraction of sp³-hybridized carbons (Fsp3) is 0.179. The molecule has 0 fully saturated rings. The molecule has 5 unspecified atom stereocenters. The van der Waals surface area contributed by atoms with Gasteiger partial charge in [-0.15, -0.1) is 0 Å². The van der Waals surface area contributed by atoms with E-state index in [1.807, 2.05) is 0 Å². The predicted octanol–water partition coefficient (Wildman–Crippen LogP) is 18.8. The maximum absolute atomic E-state index is 4.41. The molecule has 80 heavy (non-hydrogen) atoms. The van der Waals surface area contributed by atoms with Gasteiger partial charge in [0.15, 0.2) is 0 Å². The third-order valence-electron chi connectivity index (χ3n) is 20.3. The second-order valence-electron chi connectivity index (χ2n) is 24.9. The van der Waals surface area contributed by atoms with Crippen LogP contribution >= 0.6 is 0 Å². The number of nitrogens with one attached hydrogen (secondary N) is 1. The molecule has 5 atom stereocenters. The zero-order valence-corrected chi connectivity index (χ0v) is 45.9. The van der Waals surface area contributed by atoms with Crippen LogP contribution in [0.4, 0.5) is 5.69 Å². The highest BCUT2D eigenvalue weighted by Gasteiger charge is 2.61. The molecule has 2 heteroatoms. The summed E-state index contributed by atoms with van der Waals surface area (Å²) < 4.78 is 2.42. The summed E-state index contributed by atoms with van der Waals surface area (Å²) in [5, 5.41) is 6.99. The second kappa shape index (κ2) is 16.4. The predicted molar refractivity (Wildman–Crippen MR) is 332 cm³/mol. The molecule has 17 rings (SSSR count). The summed E-state index contributed by atoms with van der Waals surface area (Å²) in [5.74, 6) is 0.396. The van der Waals surface area contributed by atoms with Gasteiger partial charge in [-0.05, 0) is 144 Å². The third kappa shape index (κ3) is 5.88. The monoisotopic (exact) mass is 1030 g/mol. The van der Waals surface area contributed by atoms with Crippen LogP contribution in [0, 0.1) is 11.3 Å². The van der Waals surface area contributed by atoms with Gasteiger partial charge in [0.05, 0.1) is 27.9 Å². The van der Waals surface area contributed by atoms with E-state index in [-0.39, 0.29) is 22.8 Å². The average Bonchev–Trinajstić information content (AvgIpc) is 2.68. The highest BCUT2D eigenvalue weighted by molar-refractivity contribution is 6.09. The lowest BCUT2D eigenvalue weighted by atomic mass is 9.50. The van der Waals surface area contributed by atoms with Crippen LogP contribution in [0.5, 0.6) is 0 Å². The number of anilines is 1. The van der Waals surface area contributed by atoms with Gasteiger partial charge in [0, 0.05) is 50.4 Å². The van der Waals surface area contributed by atoms with E-state index < -0.39 is 10.8 Å². The Morgan fingerprint density at radius 3 is 1.88 bits per heavy atom. The summed E-state index contributed by atoms with van der Waals surface area (Å²) in [7, 11) is 0. The molecule has 8 aliphatic rings. The van der Waals surface area contributed by atoms with Crippen LogP contribution in [0.3, 0.4) is 0 Å². The number of para-hydroxylation sites is 2. The van der Waals surface area contributed by atoms with Crippen molar-refractivity contribution in [3.63, 3.8) is 0 Å². The minimum Gasteiger partial charge on any atom is -0.377 e. The largest absolute Gasteiger partial charge is 0.377 e. The summed E-state index contributed by atoms with van der Waals surface area (Å²) in [4.78, 5) is 0. The van der Waals surface area contributed by atoms with Crippen LogP contribution in [0.2, 0.25) is 0 Å². The van der Waals surface area contributed by atoms with Gasteiger partial charge in [-0.2, -0.15) is 0 Å². The molecular formula is C78H62N2. The first-order valence-electron chi connectivity index (χ1n) is 29.2.